The quantitative estimate of drug-likeness (QED) is 0.681. The van der Waals surface area contributed by atoms with Gasteiger partial charge in [0.05, 0.1) is 17.1 Å². The smallest absolute Gasteiger partial charge is 0.248 e. The third-order valence-corrected chi connectivity index (χ3v) is 6.28. The molecule has 2 amide bonds. The lowest BCUT2D eigenvalue weighted by atomic mass is 9.94. The first kappa shape index (κ1) is 20.4. The van der Waals surface area contributed by atoms with Gasteiger partial charge in [-0.3, -0.25) is 14.7 Å². The van der Waals surface area contributed by atoms with E-state index in [-0.39, 0.29) is 5.91 Å². The summed E-state index contributed by atoms with van der Waals surface area (Å²) >= 11 is 0. The maximum Gasteiger partial charge on any atom is 0.248 e. The number of primary amides is 1. The summed E-state index contributed by atoms with van der Waals surface area (Å²) < 4.78 is 0. The predicted octanol–water partition coefficient (Wildman–Crippen LogP) is 3.20. The molecule has 1 atom stereocenters. The van der Waals surface area contributed by atoms with Gasteiger partial charge >= 0.3 is 0 Å². The molecular formula is C23H31N5O2. The Balaban J connectivity index is 1.48. The molecule has 1 aliphatic heterocycles. The topological polar surface area (TPSA) is 104 Å². The summed E-state index contributed by atoms with van der Waals surface area (Å²) in [5.74, 6) is 0.0339. The molecule has 2 aromatic rings. The minimum atomic E-state index is -0.493. The van der Waals surface area contributed by atoms with Crippen molar-refractivity contribution in [3.63, 3.8) is 0 Å². The van der Waals surface area contributed by atoms with E-state index in [0.717, 1.165) is 43.7 Å². The number of rotatable bonds is 6. The van der Waals surface area contributed by atoms with Crippen molar-refractivity contribution in [2.75, 3.05) is 23.3 Å². The van der Waals surface area contributed by atoms with E-state index in [0.29, 0.717) is 30.0 Å². The highest BCUT2D eigenvalue weighted by molar-refractivity contribution is 5.99. The van der Waals surface area contributed by atoms with Gasteiger partial charge in [-0.25, -0.2) is 0 Å². The number of nitrogens with two attached hydrogens (primary N) is 1. The number of carbonyl (C=O) groups is 2. The molecule has 30 heavy (non-hydrogen) atoms. The zero-order valence-corrected chi connectivity index (χ0v) is 17.7. The second kappa shape index (κ2) is 8.90. The highest BCUT2D eigenvalue weighted by atomic mass is 16.2. The maximum absolute atomic E-state index is 12.8. The number of hydrogen-bond donors (Lipinski definition) is 3. The molecule has 0 saturated carbocycles. The number of hydrogen-bond acceptors (Lipinski definition) is 4. The molecule has 0 radical (unpaired) electrons. The third kappa shape index (κ3) is 4.50. The second-order valence-electron chi connectivity index (χ2n) is 8.67. The van der Waals surface area contributed by atoms with Gasteiger partial charge in [0.2, 0.25) is 11.8 Å². The Bertz CT molecular complexity index is 936. The summed E-state index contributed by atoms with van der Waals surface area (Å²) in [6.45, 7) is 4.13. The fraction of sp³-hybridized carbons (Fsp3) is 0.522. The predicted molar refractivity (Wildman–Crippen MR) is 118 cm³/mol. The maximum atomic E-state index is 12.8. The Labute approximate surface area is 177 Å². The molecule has 2 heterocycles. The first-order valence-electron chi connectivity index (χ1n) is 11.0. The van der Waals surface area contributed by atoms with E-state index in [2.05, 4.69) is 27.3 Å². The molecule has 0 spiro atoms. The molecule has 0 bridgehead atoms. The number of benzene rings is 1. The Morgan fingerprint density at radius 3 is 2.90 bits per heavy atom. The van der Waals surface area contributed by atoms with Gasteiger partial charge in [0.25, 0.3) is 0 Å². The minimum Gasteiger partial charge on any atom is -0.370 e. The largest absolute Gasteiger partial charge is 0.370 e. The van der Waals surface area contributed by atoms with Crippen LogP contribution in [0.1, 0.15) is 66.3 Å². The van der Waals surface area contributed by atoms with E-state index < -0.39 is 5.91 Å². The molecular weight excluding hydrogens is 378 g/mol. The summed E-state index contributed by atoms with van der Waals surface area (Å²) in [6.07, 6.45) is 7.78. The highest BCUT2D eigenvalue weighted by Crippen LogP contribution is 2.31. The van der Waals surface area contributed by atoms with Gasteiger partial charge in [0.1, 0.15) is 0 Å². The van der Waals surface area contributed by atoms with Crippen molar-refractivity contribution < 1.29 is 9.59 Å². The first-order valence-corrected chi connectivity index (χ1v) is 11.0. The summed E-state index contributed by atoms with van der Waals surface area (Å²) in [5.41, 5.74) is 11.0. The number of amides is 2. The van der Waals surface area contributed by atoms with Crippen LogP contribution in [-0.2, 0) is 24.1 Å². The lowest BCUT2D eigenvalue weighted by molar-refractivity contribution is -0.116. The van der Waals surface area contributed by atoms with Crippen molar-refractivity contribution in [1.29, 1.82) is 0 Å². The van der Waals surface area contributed by atoms with Crippen LogP contribution in [0.15, 0.2) is 18.2 Å². The molecule has 0 unspecified atom stereocenters. The van der Waals surface area contributed by atoms with Crippen LogP contribution in [0.25, 0.3) is 0 Å². The Morgan fingerprint density at radius 1 is 1.27 bits per heavy atom. The zero-order valence-electron chi connectivity index (χ0n) is 17.7. The SMILES string of the molecule is C[C@@H]1CCCN(c2ccc(C(N)=O)cc2NC(=O)CCc2n[nH]c3c2CCCC3)C1. The van der Waals surface area contributed by atoms with Gasteiger partial charge in [-0.1, -0.05) is 6.92 Å². The number of aromatic amines is 1. The van der Waals surface area contributed by atoms with Gasteiger partial charge in [-0.05, 0) is 68.2 Å². The van der Waals surface area contributed by atoms with Gasteiger partial charge in [0.15, 0.2) is 0 Å². The molecule has 4 N–H and O–H groups in total. The summed E-state index contributed by atoms with van der Waals surface area (Å²) in [4.78, 5) is 26.7. The molecule has 4 rings (SSSR count). The average molecular weight is 410 g/mol. The van der Waals surface area contributed by atoms with Crippen LogP contribution in [0, 0.1) is 5.92 Å². The second-order valence-corrected chi connectivity index (χ2v) is 8.67. The normalized spacial score (nSPS) is 18.7. The number of nitrogens with one attached hydrogen (secondary N) is 2. The fourth-order valence-electron chi connectivity index (χ4n) is 4.67. The number of nitrogens with zero attached hydrogens (tertiary/aromatic N) is 2. The van der Waals surface area contributed by atoms with Crippen LogP contribution in [-0.4, -0.2) is 35.1 Å². The number of H-pyrrole nitrogens is 1. The van der Waals surface area contributed by atoms with E-state index in [4.69, 9.17) is 5.73 Å². The fourth-order valence-corrected chi connectivity index (χ4v) is 4.67. The van der Waals surface area contributed by atoms with Gasteiger partial charge in [0, 0.05) is 37.2 Å². The number of aryl methyl sites for hydroxylation is 2. The standard InChI is InChI=1S/C23H31N5O2/c1-15-5-4-12-28(14-15)21-10-8-16(23(24)30)13-20(21)25-22(29)11-9-19-17-6-2-3-7-18(17)26-27-19/h8,10,13,15H,2-7,9,11-12,14H2,1H3,(H2,24,30)(H,25,29)(H,26,27)/t15-/m1/s1. The van der Waals surface area contributed by atoms with E-state index in [1.165, 1.54) is 30.5 Å². The molecule has 160 valence electrons. The first-order chi connectivity index (χ1) is 14.5. The van der Waals surface area contributed by atoms with E-state index in [9.17, 15) is 9.59 Å². The molecule has 1 fully saturated rings. The molecule has 1 saturated heterocycles. The van der Waals surface area contributed by atoms with Crippen molar-refractivity contribution in [1.82, 2.24) is 10.2 Å². The van der Waals surface area contributed by atoms with Crippen LogP contribution < -0.4 is 16.0 Å². The van der Waals surface area contributed by atoms with Gasteiger partial charge < -0.3 is 16.0 Å². The minimum absolute atomic E-state index is 0.0736. The summed E-state index contributed by atoms with van der Waals surface area (Å²) in [5, 5.41) is 10.6. The number of piperidine rings is 1. The van der Waals surface area contributed by atoms with Crippen molar-refractivity contribution in [2.24, 2.45) is 11.7 Å². The average Bonchev–Trinajstić information content (AvgIpc) is 3.15. The van der Waals surface area contributed by atoms with E-state index in [1.807, 2.05) is 6.07 Å². The summed E-state index contributed by atoms with van der Waals surface area (Å²) in [6, 6.07) is 5.34. The van der Waals surface area contributed by atoms with Crippen LogP contribution in [0.3, 0.4) is 0 Å². The van der Waals surface area contributed by atoms with E-state index in [1.54, 1.807) is 12.1 Å². The van der Waals surface area contributed by atoms with Crippen molar-refractivity contribution in [3.8, 4) is 0 Å². The van der Waals surface area contributed by atoms with Crippen molar-refractivity contribution in [2.45, 2.75) is 58.3 Å². The van der Waals surface area contributed by atoms with Crippen LogP contribution in [0.4, 0.5) is 11.4 Å². The molecule has 2 aliphatic rings. The Kier molecular flexibility index (Phi) is 6.06. The lowest BCUT2D eigenvalue weighted by Crippen LogP contribution is -2.35. The Morgan fingerprint density at radius 2 is 2.10 bits per heavy atom. The highest BCUT2D eigenvalue weighted by Gasteiger charge is 2.21. The molecule has 1 aromatic carbocycles. The number of fused-ring (bicyclic) bond motifs is 1. The molecule has 7 heteroatoms. The zero-order chi connectivity index (χ0) is 21.1. The third-order valence-electron chi connectivity index (χ3n) is 6.28. The number of carbonyl (C=O) groups excluding carboxylic acids is 2. The van der Waals surface area contributed by atoms with Crippen LogP contribution in [0.2, 0.25) is 0 Å². The Hall–Kier alpha value is -2.83. The summed E-state index contributed by atoms with van der Waals surface area (Å²) in [7, 11) is 0. The van der Waals surface area contributed by atoms with E-state index >= 15 is 0 Å². The lowest BCUT2D eigenvalue weighted by Gasteiger charge is -2.34. The monoisotopic (exact) mass is 409 g/mol. The number of anilines is 2. The number of aromatic nitrogens is 2. The van der Waals surface area contributed by atoms with Gasteiger partial charge in [-0.15, -0.1) is 0 Å². The van der Waals surface area contributed by atoms with Crippen molar-refractivity contribution >= 4 is 23.2 Å². The molecule has 7 nitrogen and oxygen atoms in total. The van der Waals surface area contributed by atoms with Gasteiger partial charge in [-0.2, -0.15) is 5.10 Å². The molecule has 1 aromatic heterocycles. The van der Waals surface area contributed by atoms with Crippen LogP contribution >= 0.6 is 0 Å². The molecule has 1 aliphatic carbocycles. The van der Waals surface area contributed by atoms with Crippen LogP contribution in [0.5, 0.6) is 0 Å². The van der Waals surface area contributed by atoms with Crippen molar-refractivity contribution in [3.05, 3.63) is 40.7 Å².